The molecule has 1 amide bonds. The van der Waals surface area contributed by atoms with Crippen molar-refractivity contribution in [2.75, 3.05) is 7.05 Å². The number of halogens is 3. The van der Waals surface area contributed by atoms with Crippen molar-refractivity contribution in [2.24, 2.45) is 0 Å². The molecule has 1 N–H and O–H groups in total. The summed E-state index contributed by atoms with van der Waals surface area (Å²) in [5, 5.41) is 8.51. The van der Waals surface area contributed by atoms with E-state index in [1.54, 1.807) is 0 Å². The third-order valence-corrected chi connectivity index (χ3v) is 3.11. The van der Waals surface area contributed by atoms with Gasteiger partial charge >= 0.3 is 12.1 Å². The molecule has 1 atom stereocenters. The molecule has 0 aromatic carbocycles. The van der Waals surface area contributed by atoms with E-state index in [2.05, 4.69) is 4.98 Å². The summed E-state index contributed by atoms with van der Waals surface area (Å²) in [7, 11) is 1.19. The lowest BCUT2D eigenvalue weighted by atomic mass is 10.3. The Morgan fingerprint density at radius 3 is 2.44 bits per heavy atom. The largest absolute Gasteiger partial charge is 0.480 e. The molecule has 9 heteroatoms. The lowest BCUT2D eigenvalue weighted by Gasteiger charge is -2.20. The Balaban J connectivity index is 2.92. The third-order valence-electron chi connectivity index (χ3n) is 2.22. The van der Waals surface area contributed by atoms with Gasteiger partial charge in [0.25, 0.3) is 5.91 Å². The molecule has 18 heavy (non-hydrogen) atoms. The van der Waals surface area contributed by atoms with Crippen LogP contribution in [0.15, 0.2) is 5.38 Å². The second-order valence-electron chi connectivity index (χ2n) is 3.47. The minimum absolute atomic E-state index is 0.291. The maximum absolute atomic E-state index is 12.3. The lowest BCUT2D eigenvalue weighted by molar-refractivity contribution is -0.141. The number of carboxylic acids is 1. The van der Waals surface area contributed by atoms with Gasteiger partial charge in [0, 0.05) is 12.4 Å². The van der Waals surface area contributed by atoms with Crippen LogP contribution in [0.3, 0.4) is 0 Å². The molecular formula is C9H9F3N2O3S. The molecule has 1 rings (SSSR count). The Hall–Kier alpha value is -1.64. The number of likely N-dealkylation sites (N-methyl/N-ethyl adjacent to an activating group) is 1. The zero-order valence-corrected chi connectivity index (χ0v) is 10.2. The predicted octanol–water partition coefficient (Wildman–Crippen LogP) is 1.71. The van der Waals surface area contributed by atoms with Crippen LogP contribution in [0.1, 0.15) is 22.4 Å². The van der Waals surface area contributed by atoms with E-state index in [9.17, 15) is 22.8 Å². The molecule has 0 aliphatic carbocycles. The van der Waals surface area contributed by atoms with Crippen LogP contribution in [-0.2, 0) is 11.0 Å². The molecular weight excluding hydrogens is 273 g/mol. The van der Waals surface area contributed by atoms with E-state index in [1.165, 1.54) is 14.0 Å². The van der Waals surface area contributed by atoms with Gasteiger partial charge in [0.2, 0.25) is 0 Å². The van der Waals surface area contributed by atoms with Crippen LogP contribution in [0.2, 0.25) is 0 Å². The molecule has 5 nitrogen and oxygen atoms in total. The number of hydrogen-bond donors (Lipinski definition) is 1. The predicted molar refractivity (Wildman–Crippen MR) is 56.3 cm³/mol. The number of nitrogens with zero attached hydrogens (tertiary/aromatic N) is 2. The average molecular weight is 282 g/mol. The topological polar surface area (TPSA) is 70.5 Å². The minimum Gasteiger partial charge on any atom is -0.480 e. The highest BCUT2D eigenvalue weighted by Gasteiger charge is 2.36. The second-order valence-corrected chi connectivity index (χ2v) is 4.32. The number of hydrogen-bond acceptors (Lipinski definition) is 4. The van der Waals surface area contributed by atoms with Crippen molar-refractivity contribution in [2.45, 2.75) is 19.1 Å². The maximum Gasteiger partial charge on any atom is 0.443 e. The summed E-state index contributed by atoms with van der Waals surface area (Å²) in [4.78, 5) is 26.3. The maximum atomic E-state index is 12.3. The van der Waals surface area contributed by atoms with Crippen LogP contribution in [-0.4, -0.2) is 40.0 Å². The van der Waals surface area contributed by atoms with Gasteiger partial charge in [0.1, 0.15) is 11.7 Å². The Labute approximate surface area is 104 Å². The zero-order valence-electron chi connectivity index (χ0n) is 9.35. The van der Waals surface area contributed by atoms with Gasteiger partial charge in [-0.2, -0.15) is 13.2 Å². The molecule has 0 spiro atoms. The van der Waals surface area contributed by atoms with E-state index in [0.717, 1.165) is 10.3 Å². The summed E-state index contributed by atoms with van der Waals surface area (Å²) >= 11 is 0.291. The van der Waals surface area contributed by atoms with Gasteiger partial charge in [-0.3, -0.25) is 4.79 Å². The highest BCUT2D eigenvalue weighted by atomic mass is 32.1. The first-order chi connectivity index (χ1) is 8.14. The van der Waals surface area contributed by atoms with Crippen LogP contribution in [0.5, 0.6) is 0 Å². The number of alkyl halides is 3. The van der Waals surface area contributed by atoms with Crippen molar-refractivity contribution in [3.05, 3.63) is 16.1 Å². The third kappa shape index (κ3) is 2.97. The second kappa shape index (κ2) is 4.92. The van der Waals surface area contributed by atoms with Crippen molar-refractivity contribution in [3.63, 3.8) is 0 Å². The summed E-state index contributed by atoms with van der Waals surface area (Å²) in [6.07, 6.45) is -4.61. The SMILES string of the molecule is CC(C(=O)O)N(C)C(=O)c1csc(C(F)(F)F)n1. The van der Waals surface area contributed by atoms with E-state index >= 15 is 0 Å². The summed E-state index contributed by atoms with van der Waals surface area (Å²) in [5.41, 5.74) is -0.414. The van der Waals surface area contributed by atoms with E-state index in [4.69, 9.17) is 5.11 Å². The van der Waals surface area contributed by atoms with E-state index in [1.807, 2.05) is 0 Å². The monoisotopic (exact) mass is 282 g/mol. The average Bonchev–Trinajstić information content (AvgIpc) is 2.74. The van der Waals surface area contributed by atoms with E-state index in [-0.39, 0.29) is 0 Å². The molecule has 0 fully saturated rings. The molecule has 100 valence electrons. The van der Waals surface area contributed by atoms with Crippen LogP contribution >= 0.6 is 11.3 Å². The molecule has 0 aliphatic heterocycles. The van der Waals surface area contributed by atoms with Gasteiger partial charge in [-0.05, 0) is 6.92 Å². The van der Waals surface area contributed by atoms with Gasteiger partial charge in [-0.1, -0.05) is 0 Å². The summed E-state index contributed by atoms with van der Waals surface area (Å²) < 4.78 is 36.8. The number of carbonyl (C=O) groups excluding carboxylic acids is 1. The number of aliphatic carboxylic acids is 1. The van der Waals surface area contributed by atoms with Crippen LogP contribution in [0.4, 0.5) is 13.2 Å². The quantitative estimate of drug-likeness (QED) is 0.916. The summed E-state index contributed by atoms with van der Waals surface area (Å²) in [6, 6.07) is -1.14. The zero-order chi connectivity index (χ0) is 14.1. The van der Waals surface area contributed by atoms with Crippen LogP contribution < -0.4 is 0 Å². The molecule has 0 bridgehead atoms. The fourth-order valence-electron chi connectivity index (χ4n) is 1.02. The van der Waals surface area contributed by atoms with Gasteiger partial charge < -0.3 is 10.0 Å². The Morgan fingerprint density at radius 2 is 2.06 bits per heavy atom. The first-order valence-corrected chi connectivity index (χ1v) is 5.55. The standard InChI is InChI=1S/C9H9F3N2O3S/c1-4(7(16)17)14(2)6(15)5-3-18-8(13-5)9(10,11)12/h3-4H,1-2H3,(H,16,17). The number of carbonyl (C=O) groups is 2. The fraction of sp³-hybridized carbons (Fsp3) is 0.444. The van der Waals surface area contributed by atoms with Gasteiger partial charge in [-0.15, -0.1) is 11.3 Å². The number of rotatable bonds is 3. The molecule has 1 heterocycles. The van der Waals surface area contributed by atoms with Gasteiger partial charge in [0.05, 0.1) is 0 Å². The Morgan fingerprint density at radius 1 is 1.50 bits per heavy atom. The van der Waals surface area contributed by atoms with Gasteiger partial charge in [-0.25, -0.2) is 9.78 Å². The van der Waals surface area contributed by atoms with Crippen molar-refractivity contribution in [1.82, 2.24) is 9.88 Å². The molecule has 0 radical (unpaired) electrons. The molecule has 0 saturated carbocycles. The number of aromatic nitrogens is 1. The van der Waals surface area contributed by atoms with E-state index < -0.39 is 34.8 Å². The normalized spacial score (nSPS) is 13.2. The first kappa shape index (κ1) is 14.4. The van der Waals surface area contributed by atoms with Crippen molar-refractivity contribution in [3.8, 4) is 0 Å². The van der Waals surface area contributed by atoms with Crippen molar-refractivity contribution >= 4 is 23.2 Å². The Kier molecular flexibility index (Phi) is 3.95. The number of carboxylic acid groups (broad SMARTS) is 1. The molecule has 1 aromatic rings. The van der Waals surface area contributed by atoms with Crippen molar-refractivity contribution in [1.29, 1.82) is 0 Å². The number of thiazole rings is 1. The number of amides is 1. The highest BCUT2D eigenvalue weighted by molar-refractivity contribution is 7.09. The fourth-order valence-corrected chi connectivity index (χ4v) is 1.69. The molecule has 1 aromatic heterocycles. The van der Waals surface area contributed by atoms with Crippen LogP contribution in [0, 0.1) is 0 Å². The molecule has 1 unspecified atom stereocenters. The van der Waals surface area contributed by atoms with Gasteiger partial charge in [0.15, 0.2) is 5.01 Å². The first-order valence-electron chi connectivity index (χ1n) is 4.67. The van der Waals surface area contributed by atoms with Crippen LogP contribution in [0.25, 0.3) is 0 Å². The molecule has 0 saturated heterocycles. The smallest absolute Gasteiger partial charge is 0.443 e. The van der Waals surface area contributed by atoms with E-state index in [0.29, 0.717) is 11.3 Å². The lowest BCUT2D eigenvalue weighted by Crippen LogP contribution is -2.40. The minimum atomic E-state index is -4.61. The summed E-state index contributed by atoms with van der Waals surface area (Å²) in [5.74, 6) is -2.12. The molecule has 0 aliphatic rings. The van der Waals surface area contributed by atoms with Crippen molar-refractivity contribution < 1.29 is 27.9 Å². The summed E-state index contributed by atoms with van der Waals surface area (Å²) in [6.45, 7) is 1.25. The highest BCUT2D eigenvalue weighted by Crippen LogP contribution is 2.31. The Bertz CT molecular complexity index is 472.